The van der Waals surface area contributed by atoms with Gasteiger partial charge in [-0.05, 0) is 24.6 Å². The summed E-state index contributed by atoms with van der Waals surface area (Å²) in [6.45, 7) is 2.03. The molecule has 0 aliphatic carbocycles. The predicted molar refractivity (Wildman–Crippen MR) is 61.3 cm³/mol. The summed E-state index contributed by atoms with van der Waals surface area (Å²) in [6, 6.07) is 7.22. The minimum Gasteiger partial charge on any atom is -0.493 e. The number of benzene rings is 1. The Balaban J connectivity index is 2.48. The number of nitrogens with one attached hydrogen (secondary N) is 1. The lowest BCUT2D eigenvalue weighted by Crippen LogP contribution is -2.20. The van der Waals surface area contributed by atoms with E-state index >= 15 is 0 Å². The van der Waals surface area contributed by atoms with Crippen molar-refractivity contribution >= 4 is 5.91 Å². The molecule has 1 atom stereocenters. The third-order valence-electron chi connectivity index (χ3n) is 2.22. The van der Waals surface area contributed by atoms with Gasteiger partial charge in [-0.25, -0.2) is 0 Å². The summed E-state index contributed by atoms with van der Waals surface area (Å²) in [5.41, 5.74) is 0.803. The third-order valence-corrected chi connectivity index (χ3v) is 2.22. The van der Waals surface area contributed by atoms with Crippen molar-refractivity contribution < 1.29 is 14.6 Å². The summed E-state index contributed by atoms with van der Waals surface area (Å²) in [5.74, 6) is 0.619. The molecule has 1 amide bonds. The van der Waals surface area contributed by atoms with E-state index < -0.39 is 6.10 Å². The SMILES string of the molecule is CNC(=O)CCOc1cccc([C@@H](C)O)c1. The molecule has 0 heterocycles. The summed E-state index contributed by atoms with van der Waals surface area (Å²) in [4.78, 5) is 10.9. The molecule has 4 nitrogen and oxygen atoms in total. The summed E-state index contributed by atoms with van der Waals surface area (Å²) in [6.07, 6.45) is -0.183. The highest BCUT2D eigenvalue weighted by Crippen LogP contribution is 2.18. The van der Waals surface area contributed by atoms with Gasteiger partial charge in [0.05, 0.1) is 19.1 Å². The van der Waals surface area contributed by atoms with Gasteiger partial charge in [0.15, 0.2) is 0 Å². The van der Waals surface area contributed by atoms with Crippen LogP contribution in [0.4, 0.5) is 0 Å². The monoisotopic (exact) mass is 223 g/mol. The van der Waals surface area contributed by atoms with Gasteiger partial charge < -0.3 is 15.2 Å². The first kappa shape index (κ1) is 12.5. The molecule has 0 aliphatic rings. The Morgan fingerprint density at radius 2 is 2.31 bits per heavy atom. The van der Waals surface area contributed by atoms with Gasteiger partial charge in [0.2, 0.25) is 5.91 Å². The van der Waals surface area contributed by atoms with Gasteiger partial charge in [0.1, 0.15) is 5.75 Å². The highest BCUT2D eigenvalue weighted by molar-refractivity contribution is 5.75. The van der Waals surface area contributed by atoms with Crippen LogP contribution in [0.2, 0.25) is 0 Å². The van der Waals surface area contributed by atoms with Gasteiger partial charge in [-0.3, -0.25) is 4.79 Å². The quantitative estimate of drug-likeness (QED) is 0.790. The second-order valence-corrected chi connectivity index (χ2v) is 3.52. The third kappa shape index (κ3) is 3.90. The average Bonchev–Trinajstić information content (AvgIpc) is 2.29. The first-order chi connectivity index (χ1) is 7.63. The number of aliphatic hydroxyl groups excluding tert-OH is 1. The fourth-order valence-corrected chi connectivity index (χ4v) is 1.25. The molecule has 0 saturated heterocycles. The highest BCUT2D eigenvalue weighted by Gasteiger charge is 2.03. The van der Waals surface area contributed by atoms with Gasteiger partial charge in [0.25, 0.3) is 0 Å². The van der Waals surface area contributed by atoms with Crippen molar-refractivity contribution in [1.29, 1.82) is 0 Å². The lowest BCUT2D eigenvalue weighted by Gasteiger charge is -2.09. The van der Waals surface area contributed by atoms with Gasteiger partial charge in [-0.1, -0.05) is 12.1 Å². The van der Waals surface area contributed by atoms with Crippen LogP contribution in [0.1, 0.15) is 25.0 Å². The number of hydrogen-bond donors (Lipinski definition) is 2. The zero-order valence-corrected chi connectivity index (χ0v) is 9.56. The Kier molecular flexibility index (Phi) is 4.79. The average molecular weight is 223 g/mol. The van der Waals surface area contributed by atoms with Crippen molar-refractivity contribution in [3.8, 4) is 5.75 Å². The van der Waals surface area contributed by atoms with E-state index in [1.165, 1.54) is 0 Å². The molecule has 16 heavy (non-hydrogen) atoms. The Morgan fingerprint density at radius 1 is 1.56 bits per heavy atom. The Hall–Kier alpha value is -1.55. The highest BCUT2D eigenvalue weighted by atomic mass is 16.5. The molecule has 0 aromatic heterocycles. The van der Waals surface area contributed by atoms with Gasteiger partial charge in [0, 0.05) is 7.05 Å². The summed E-state index contributed by atoms with van der Waals surface area (Å²) < 4.78 is 5.40. The topological polar surface area (TPSA) is 58.6 Å². The first-order valence-electron chi connectivity index (χ1n) is 5.25. The van der Waals surface area contributed by atoms with Gasteiger partial charge in [-0.15, -0.1) is 0 Å². The molecule has 2 N–H and O–H groups in total. The van der Waals surface area contributed by atoms with Crippen LogP contribution in [0.3, 0.4) is 0 Å². The van der Waals surface area contributed by atoms with Crippen LogP contribution in [0.25, 0.3) is 0 Å². The smallest absolute Gasteiger partial charge is 0.223 e. The lowest BCUT2D eigenvalue weighted by atomic mass is 10.1. The Morgan fingerprint density at radius 3 is 2.94 bits per heavy atom. The van der Waals surface area contributed by atoms with Crippen LogP contribution < -0.4 is 10.1 Å². The van der Waals surface area contributed by atoms with E-state index in [9.17, 15) is 9.90 Å². The van der Waals surface area contributed by atoms with Gasteiger partial charge in [-0.2, -0.15) is 0 Å². The zero-order valence-electron chi connectivity index (χ0n) is 9.56. The standard InChI is InChI=1S/C12H17NO3/c1-9(14)10-4-3-5-11(8-10)16-7-6-12(15)13-2/h3-5,8-9,14H,6-7H2,1-2H3,(H,13,15)/t9-/m1/s1. The molecule has 1 rings (SSSR count). The van der Waals surface area contributed by atoms with Gasteiger partial charge >= 0.3 is 0 Å². The van der Waals surface area contributed by atoms with E-state index in [4.69, 9.17) is 4.74 Å². The number of carbonyl (C=O) groups excluding carboxylic acids is 1. The van der Waals surface area contributed by atoms with Crippen LogP contribution in [-0.2, 0) is 4.79 Å². The lowest BCUT2D eigenvalue weighted by molar-refractivity contribution is -0.121. The Labute approximate surface area is 95.2 Å². The van der Waals surface area contributed by atoms with Crippen LogP contribution in [0.5, 0.6) is 5.75 Å². The summed E-state index contributed by atoms with van der Waals surface area (Å²) in [7, 11) is 1.59. The minimum absolute atomic E-state index is 0.0494. The molecular formula is C12H17NO3. The maximum atomic E-state index is 10.9. The molecule has 0 aliphatic heterocycles. The van der Waals surface area contributed by atoms with Crippen molar-refractivity contribution in [2.75, 3.05) is 13.7 Å². The predicted octanol–water partition coefficient (Wildman–Crippen LogP) is 1.25. The maximum Gasteiger partial charge on any atom is 0.223 e. The maximum absolute atomic E-state index is 10.9. The number of aliphatic hydroxyl groups is 1. The number of rotatable bonds is 5. The van der Waals surface area contributed by atoms with Crippen molar-refractivity contribution in [2.24, 2.45) is 0 Å². The molecule has 0 spiro atoms. The number of ether oxygens (including phenoxy) is 1. The first-order valence-corrected chi connectivity index (χ1v) is 5.25. The van der Waals surface area contributed by atoms with Crippen molar-refractivity contribution in [2.45, 2.75) is 19.4 Å². The Bertz CT molecular complexity index is 350. The van der Waals surface area contributed by atoms with E-state index in [1.54, 1.807) is 26.1 Å². The van der Waals surface area contributed by atoms with Crippen molar-refractivity contribution in [3.05, 3.63) is 29.8 Å². The number of hydrogen-bond acceptors (Lipinski definition) is 3. The number of amides is 1. The van der Waals surface area contributed by atoms with E-state index in [-0.39, 0.29) is 5.91 Å². The molecule has 0 saturated carbocycles. The molecule has 88 valence electrons. The van der Waals surface area contributed by atoms with Crippen LogP contribution >= 0.6 is 0 Å². The zero-order chi connectivity index (χ0) is 12.0. The summed E-state index contributed by atoms with van der Waals surface area (Å²) >= 11 is 0. The van der Waals surface area contributed by atoms with Crippen molar-refractivity contribution in [3.63, 3.8) is 0 Å². The fourth-order valence-electron chi connectivity index (χ4n) is 1.25. The molecule has 0 fully saturated rings. The molecule has 1 aromatic rings. The number of carbonyl (C=O) groups is 1. The molecular weight excluding hydrogens is 206 g/mol. The molecule has 0 unspecified atom stereocenters. The molecule has 0 bridgehead atoms. The normalized spacial score (nSPS) is 11.9. The van der Waals surface area contributed by atoms with E-state index in [0.29, 0.717) is 18.8 Å². The minimum atomic E-state index is -0.512. The second-order valence-electron chi connectivity index (χ2n) is 3.52. The summed E-state index contributed by atoms with van der Waals surface area (Å²) in [5, 5.41) is 11.9. The van der Waals surface area contributed by atoms with Crippen molar-refractivity contribution in [1.82, 2.24) is 5.32 Å². The van der Waals surface area contributed by atoms with Crippen LogP contribution in [0.15, 0.2) is 24.3 Å². The van der Waals surface area contributed by atoms with E-state index in [1.807, 2.05) is 12.1 Å². The second kappa shape index (κ2) is 6.12. The molecule has 4 heteroatoms. The van der Waals surface area contributed by atoms with E-state index in [0.717, 1.165) is 5.56 Å². The van der Waals surface area contributed by atoms with Crippen LogP contribution in [0, 0.1) is 0 Å². The molecule has 1 aromatic carbocycles. The largest absolute Gasteiger partial charge is 0.493 e. The van der Waals surface area contributed by atoms with E-state index in [2.05, 4.69) is 5.32 Å². The fraction of sp³-hybridized carbons (Fsp3) is 0.417. The molecule has 0 radical (unpaired) electrons. The van der Waals surface area contributed by atoms with Crippen LogP contribution in [-0.4, -0.2) is 24.7 Å².